The Bertz CT molecular complexity index is 702. The SMILES string of the molecule is O=C(O)c1ccc2c(c1)C(CNC1CCC1)=CS2(=O)=O. The Kier molecular flexibility index (Phi) is 3.14. The van der Waals surface area contributed by atoms with Crippen molar-refractivity contribution in [2.24, 2.45) is 0 Å². The van der Waals surface area contributed by atoms with Crippen molar-refractivity contribution < 1.29 is 18.3 Å². The number of hydrogen-bond donors (Lipinski definition) is 2. The van der Waals surface area contributed by atoms with E-state index >= 15 is 0 Å². The van der Waals surface area contributed by atoms with E-state index in [0.29, 0.717) is 23.7 Å². The smallest absolute Gasteiger partial charge is 0.335 e. The number of sulfone groups is 1. The lowest BCUT2D eigenvalue weighted by atomic mass is 9.93. The van der Waals surface area contributed by atoms with Gasteiger partial charge in [-0.2, -0.15) is 0 Å². The molecule has 2 N–H and O–H groups in total. The van der Waals surface area contributed by atoms with Crippen LogP contribution in [-0.4, -0.2) is 32.1 Å². The standard InChI is InChI=1S/C14H15NO4S/c16-14(17)9-4-5-13-12(6-9)10(8-20(13,18)19)7-15-11-2-1-3-11/h4-6,8,11,15H,1-3,7H2,(H,16,17). The molecule has 106 valence electrons. The van der Waals surface area contributed by atoms with Gasteiger partial charge in [-0.3, -0.25) is 0 Å². The van der Waals surface area contributed by atoms with Gasteiger partial charge in [-0.1, -0.05) is 6.42 Å². The van der Waals surface area contributed by atoms with Crippen LogP contribution in [0.4, 0.5) is 0 Å². The van der Waals surface area contributed by atoms with Crippen molar-refractivity contribution >= 4 is 21.4 Å². The number of hydrogen-bond acceptors (Lipinski definition) is 4. The summed E-state index contributed by atoms with van der Waals surface area (Å²) in [4.78, 5) is 11.2. The van der Waals surface area contributed by atoms with Gasteiger partial charge in [0.05, 0.1) is 10.5 Å². The lowest BCUT2D eigenvalue weighted by Crippen LogP contribution is -2.35. The molecule has 0 aromatic heterocycles. The number of nitrogens with one attached hydrogen (secondary N) is 1. The van der Waals surface area contributed by atoms with E-state index in [1.54, 1.807) is 0 Å². The molecule has 1 aromatic rings. The van der Waals surface area contributed by atoms with Crippen molar-refractivity contribution in [2.75, 3.05) is 6.54 Å². The summed E-state index contributed by atoms with van der Waals surface area (Å²) < 4.78 is 24.0. The molecular weight excluding hydrogens is 278 g/mol. The molecule has 1 aliphatic heterocycles. The minimum Gasteiger partial charge on any atom is -0.478 e. The van der Waals surface area contributed by atoms with E-state index in [4.69, 9.17) is 5.11 Å². The second-order valence-corrected chi connectivity index (χ2v) is 6.98. The molecule has 0 spiro atoms. The Balaban J connectivity index is 1.92. The van der Waals surface area contributed by atoms with Gasteiger partial charge >= 0.3 is 5.97 Å². The Morgan fingerprint density at radius 3 is 2.70 bits per heavy atom. The summed E-state index contributed by atoms with van der Waals surface area (Å²) in [5.41, 5.74) is 1.27. The second kappa shape index (κ2) is 4.71. The van der Waals surface area contributed by atoms with Crippen molar-refractivity contribution in [3.8, 4) is 0 Å². The number of fused-ring (bicyclic) bond motifs is 1. The maximum atomic E-state index is 12.0. The highest BCUT2D eigenvalue weighted by atomic mass is 32.2. The molecule has 20 heavy (non-hydrogen) atoms. The maximum Gasteiger partial charge on any atom is 0.335 e. The molecular formula is C14H15NO4S. The molecule has 0 amide bonds. The fourth-order valence-corrected chi connectivity index (χ4v) is 3.95. The third-order valence-electron chi connectivity index (χ3n) is 3.86. The van der Waals surface area contributed by atoms with Crippen LogP contribution < -0.4 is 5.32 Å². The summed E-state index contributed by atoms with van der Waals surface area (Å²) >= 11 is 0. The molecule has 0 bridgehead atoms. The van der Waals surface area contributed by atoms with Gasteiger partial charge < -0.3 is 10.4 Å². The first kappa shape index (κ1) is 13.3. The van der Waals surface area contributed by atoms with Crippen LogP contribution in [0.15, 0.2) is 28.5 Å². The number of carboxylic acid groups (broad SMARTS) is 1. The van der Waals surface area contributed by atoms with Gasteiger partial charge in [0, 0.05) is 18.0 Å². The largest absolute Gasteiger partial charge is 0.478 e. The molecule has 0 atom stereocenters. The minimum absolute atomic E-state index is 0.107. The van der Waals surface area contributed by atoms with Gasteiger partial charge in [-0.15, -0.1) is 0 Å². The second-order valence-electron chi connectivity index (χ2n) is 5.21. The zero-order valence-corrected chi connectivity index (χ0v) is 11.6. The molecule has 1 aromatic carbocycles. The monoisotopic (exact) mass is 293 g/mol. The van der Waals surface area contributed by atoms with E-state index in [0.717, 1.165) is 12.8 Å². The summed E-state index contributed by atoms with van der Waals surface area (Å²) in [6.07, 6.45) is 3.43. The summed E-state index contributed by atoms with van der Waals surface area (Å²) in [6.45, 7) is 0.458. The summed E-state index contributed by atoms with van der Waals surface area (Å²) in [7, 11) is -3.43. The quantitative estimate of drug-likeness (QED) is 0.882. The van der Waals surface area contributed by atoms with Crippen LogP contribution >= 0.6 is 0 Å². The molecule has 6 heteroatoms. The number of rotatable bonds is 4. The van der Waals surface area contributed by atoms with E-state index in [1.165, 1.54) is 30.0 Å². The molecule has 0 radical (unpaired) electrons. The number of carboxylic acids is 1. The molecule has 0 unspecified atom stereocenters. The lowest BCUT2D eigenvalue weighted by Gasteiger charge is -2.26. The van der Waals surface area contributed by atoms with Gasteiger partial charge in [0.1, 0.15) is 0 Å². The maximum absolute atomic E-state index is 12.0. The van der Waals surface area contributed by atoms with Crippen LogP contribution in [0, 0.1) is 0 Å². The van der Waals surface area contributed by atoms with Gasteiger partial charge in [0.15, 0.2) is 0 Å². The average molecular weight is 293 g/mol. The molecule has 1 aliphatic carbocycles. The zero-order chi connectivity index (χ0) is 14.3. The van der Waals surface area contributed by atoms with Gasteiger partial charge in [0.25, 0.3) is 0 Å². The number of carbonyl (C=O) groups is 1. The van der Waals surface area contributed by atoms with Gasteiger partial charge in [0.2, 0.25) is 9.84 Å². The summed E-state index contributed by atoms with van der Waals surface area (Å²) in [6, 6.07) is 4.59. The average Bonchev–Trinajstić information content (AvgIpc) is 2.59. The van der Waals surface area contributed by atoms with Crippen molar-refractivity contribution in [3.05, 3.63) is 34.7 Å². The fourth-order valence-electron chi connectivity index (χ4n) is 2.48. The molecule has 1 saturated carbocycles. The summed E-state index contributed by atoms with van der Waals surface area (Å²) in [5.74, 6) is -1.05. The van der Waals surface area contributed by atoms with Crippen LogP contribution in [0.1, 0.15) is 35.2 Å². The Labute approximate surface area is 117 Å². The van der Waals surface area contributed by atoms with Crippen LogP contribution in [-0.2, 0) is 9.84 Å². The first-order chi connectivity index (χ1) is 9.47. The van der Waals surface area contributed by atoms with Gasteiger partial charge in [-0.25, -0.2) is 13.2 Å². The highest BCUT2D eigenvalue weighted by Crippen LogP contribution is 2.34. The van der Waals surface area contributed by atoms with Crippen molar-refractivity contribution in [3.63, 3.8) is 0 Å². The van der Waals surface area contributed by atoms with Crippen LogP contribution in [0.5, 0.6) is 0 Å². The molecule has 1 fully saturated rings. The van der Waals surface area contributed by atoms with Crippen molar-refractivity contribution in [2.45, 2.75) is 30.2 Å². The van der Waals surface area contributed by atoms with E-state index < -0.39 is 15.8 Å². The normalized spacial score (nSPS) is 20.1. The molecule has 1 heterocycles. The molecule has 2 aliphatic rings. The molecule has 5 nitrogen and oxygen atoms in total. The van der Waals surface area contributed by atoms with Crippen LogP contribution in [0.3, 0.4) is 0 Å². The third-order valence-corrected chi connectivity index (χ3v) is 5.43. The van der Waals surface area contributed by atoms with E-state index in [-0.39, 0.29) is 10.5 Å². The van der Waals surface area contributed by atoms with Crippen LogP contribution in [0.25, 0.3) is 5.57 Å². The number of aromatic carboxylic acids is 1. The van der Waals surface area contributed by atoms with E-state index in [2.05, 4.69) is 5.32 Å². The van der Waals surface area contributed by atoms with Crippen molar-refractivity contribution in [1.82, 2.24) is 5.32 Å². The minimum atomic E-state index is -3.43. The predicted octanol–water partition coefficient (Wildman–Crippen LogP) is 1.66. The molecule has 0 saturated heterocycles. The topological polar surface area (TPSA) is 83.5 Å². The van der Waals surface area contributed by atoms with Gasteiger partial charge in [-0.05, 0) is 42.2 Å². The zero-order valence-electron chi connectivity index (χ0n) is 10.8. The Hall–Kier alpha value is -1.66. The highest BCUT2D eigenvalue weighted by molar-refractivity contribution is 7.95. The van der Waals surface area contributed by atoms with Crippen molar-refractivity contribution in [1.29, 1.82) is 0 Å². The third kappa shape index (κ3) is 2.25. The number of benzene rings is 1. The predicted molar refractivity (Wildman–Crippen MR) is 74.2 cm³/mol. The van der Waals surface area contributed by atoms with E-state index in [9.17, 15) is 13.2 Å². The first-order valence-corrected chi connectivity index (χ1v) is 8.09. The fraction of sp³-hybridized carbons (Fsp3) is 0.357. The van der Waals surface area contributed by atoms with Crippen LogP contribution in [0.2, 0.25) is 0 Å². The highest BCUT2D eigenvalue weighted by Gasteiger charge is 2.28. The summed E-state index contributed by atoms with van der Waals surface area (Å²) in [5, 5.41) is 13.6. The lowest BCUT2D eigenvalue weighted by molar-refractivity contribution is 0.0696. The molecule has 3 rings (SSSR count). The Morgan fingerprint density at radius 1 is 1.35 bits per heavy atom. The first-order valence-electron chi connectivity index (χ1n) is 6.54. The van der Waals surface area contributed by atoms with E-state index in [1.807, 2.05) is 0 Å². The Morgan fingerprint density at radius 2 is 2.10 bits per heavy atom.